The molecule has 0 amide bonds. The number of nitrogens with zero attached hydrogens (tertiary/aromatic N) is 3. The highest BCUT2D eigenvalue weighted by Gasteiger charge is 2.34. The zero-order chi connectivity index (χ0) is 11.8. The fourth-order valence-electron chi connectivity index (χ4n) is 1.87. The first kappa shape index (κ1) is 11.7. The van der Waals surface area contributed by atoms with Crippen LogP contribution in [0.4, 0.5) is 13.2 Å². The fourth-order valence-corrected chi connectivity index (χ4v) is 2.06. The molecule has 1 aliphatic carbocycles. The van der Waals surface area contributed by atoms with Gasteiger partial charge in [0.05, 0.1) is 11.6 Å². The van der Waals surface area contributed by atoms with Gasteiger partial charge in [-0.3, -0.25) is 0 Å². The van der Waals surface area contributed by atoms with Gasteiger partial charge < -0.3 is 0 Å². The van der Waals surface area contributed by atoms with Gasteiger partial charge in [0, 0.05) is 5.92 Å². The molecule has 16 heavy (non-hydrogen) atoms. The van der Waals surface area contributed by atoms with Gasteiger partial charge in [-0.15, -0.1) is 16.7 Å². The van der Waals surface area contributed by atoms with Gasteiger partial charge in [-0.2, -0.15) is 13.2 Å². The highest BCUT2D eigenvalue weighted by Crippen LogP contribution is 2.38. The van der Waals surface area contributed by atoms with Gasteiger partial charge in [-0.05, 0) is 12.8 Å². The summed E-state index contributed by atoms with van der Waals surface area (Å²) in [5, 5.41) is 7.24. The number of halogens is 4. The highest BCUT2D eigenvalue weighted by atomic mass is 35.5. The van der Waals surface area contributed by atoms with Crippen molar-refractivity contribution < 1.29 is 13.2 Å². The Morgan fingerprint density at radius 1 is 1.38 bits per heavy atom. The molecule has 0 aliphatic heterocycles. The third kappa shape index (κ3) is 2.31. The predicted molar refractivity (Wildman–Crippen MR) is 52.2 cm³/mol. The first-order valence-corrected chi connectivity index (χ1v) is 5.59. The third-order valence-corrected chi connectivity index (χ3v) is 3.05. The van der Waals surface area contributed by atoms with Crippen LogP contribution in [-0.2, 0) is 12.4 Å². The first-order valence-electron chi connectivity index (χ1n) is 5.06. The van der Waals surface area contributed by atoms with Crippen LogP contribution in [0.3, 0.4) is 0 Å². The summed E-state index contributed by atoms with van der Waals surface area (Å²) >= 11 is 5.64. The van der Waals surface area contributed by atoms with Crippen LogP contribution in [0.5, 0.6) is 0 Å². The van der Waals surface area contributed by atoms with E-state index in [0.29, 0.717) is 11.4 Å². The molecule has 7 heteroatoms. The largest absolute Gasteiger partial charge is 0.408 e. The minimum atomic E-state index is -4.27. The molecule has 0 aromatic carbocycles. The van der Waals surface area contributed by atoms with Crippen molar-refractivity contribution in [2.75, 3.05) is 0 Å². The molecular weight excluding hydrogens is 243 g/mol. The van der Waals surface area contributed by atoms with Gasteiger partial charge in [0.15, 0.2) is 0 Å². The van der Waals surface area contributed by atoms with Crippen molar-refractivity contribution in [2.45, 2.75) is 43.8 Å². The number of rotatable bonds is 3. The molecule has 0 N–H and O–H groups in total. The number of aromatic nitrogens is 3. The number of hydrogen-bond acceptors (Lipinski definition) is 2. The van der Waals surface area contributed by atoms with Crippen LogP contribution < -0.4 is 0 Å². The smallest absolute Gasteiger partial charge is 0.240 e. The Morgan fingerprint density at radius 2 is 2.06 bits per heavy atom. The normalized spacial score (nSPS) is 17.5. The Hall–Kier alpha value is -0.780. The van der Waals surface area contributed by atoms with Gasteiger partial charge in [-0.25, -0.2) is 4.68 Å². The van der Waals surface area contributed by atoms with Gasteiger partial charge in [-0.1, -0.05) is 11.6 Å². The maximum Gasteiger partial charge on any atom is 0.408 e. The van der Waals surface area contributed by atoms with E-state index in [1.807, 2.05) is 0 Å². The molecule has 1 fully saturated rings. The maximum absolute atomic E-state index is 12.3. The topological polar surface area (TPSA) is 30.7 Å². The molecule has 0 radical (unpaired) electrons. The first-order chi connectivity index (χ1) is 7.51. The maximum atomic E-state index is 12.3. The lowest BCUT2D eigenvalue weighted by molar-refractivity contribution is -0.143. The van der Waals surface area contributed by atoms with Crippen LogP contribution in [-0.4, -0.2) is 21.2 Å². The second-order valence-electron chi connectivity index (χ2n) is 3.96. The Bertz CT molecular complexity index is 371. The second-order valence-corrected chi connectivity index (χ2v) is 4.22. The molecule has 1 saturated carbocycles. The summed E-state index contributed by atoms with van der Waals surface area (Å²) in [5.74, 6) is 0.259. The third-order valence-electron chi connectivity index (χ3n) is 2.79. The molecule has 1 aliphatic rings. The van der Waals surface area contributed by atoms with Crippen LogP contribution in [0.2, 0.25) is 0 Å². The van der Waals surface area contributed by atoms with E-state index in [-0.39, 0.29) is 11.8 Å². The van der Waals surface area contributed by atoms with Crippen molar-refractivity contribution >= 4 is 11.6 Å². The van der Waals surface area contributed by atoms with Crippen molar-refractivity contribution in [1.29, 1.82) is 0 Å². The molecule has 1 heterocycles. The monoisotopic (exact) mass is 253 g/mol. The molecule has 1 aromatic heterocycles. The lowest BCUT2D eigenvalue weighted by atomic mass is 9.82. The molecule has 0 saturated heterocycles. The lowest BCUT2D eigenvalue weighted by Crippen LogP contribution is -2.23. The average molecular weight is 254 g/mol. The summed E-state index contributed by atoms with van der Waals surface area (Å²) in [7, 11) is 0. The van der Waals surface area contributed by atoms with Gasteiger partial charge in [0.1, 0.15) is 12.2 Å². The van der Waals surface area contributed by atoms with E-state index in [2.05, 4.69) is 10.3 Å². The molecule has 0 spiro atoms. The van der Waals surface area contributed by atoms with E-state index >= 15 is 0 Å². The summed E-state index contributed by atoms with van der Waals surface area (Å²) < 4.78 is 37.8. The molecule has 3 nitrogen and oxygen atoms in total. The molecule has 90 valence electrons. The Balaban J connectivity index is 2.26. The van der Waals surface area contributed by atoms with Gasteiger partial charge >= 0.3 is 6.18 Å². The van der Waals surface area contributed by atoms with Gasteiger partial charge in [0.25, 0.3) is 0 Å². The standard InChI is InChI=1S/C9H11ClF3N3/c10-4-7-8(6-2-1-3-6)16(15-14-7)5-9(11,12)13/h6H,1-5H2. The van der Waals surface area contributed by atoms with E-state index in [1.54, 1.807) is 0 Å². The molecule has 0 atom stereocenters. The molecular formula is C9H11ClF3N3. The highest BCUT2D eigenvalue weighted by molar-refractivity contribution is 6.16. The zero-order valence-corrected chi connectivity index (χ0v) is 9.22. The van der Waals surface area contributed by atoms with Crippen molar-refractivity contribution in [1.82, 2.24) is 15.0 Å². The average Bonchev–Trinajstić information content (AvgIpc) is 2.43. The summed E-state index contributed by atoms with van der Waals surface area (Å²) in [6, 6.07) is 0. The van der Waals surface area contributed by atoms with E-state index < -0.39 is 12.7 Å². The lowest BCUT2D eigenvalue weighted by Gasteiger charge is -2.26. The minimum Gasteiger partial charge on any atom is -0.240 e. The second kappa shape index (κ2) is 4.24. The summed E-state index contributed by atoms with van der Waals surface area (Å²) in [4.78, 5) is 0. The predicted octanol–water partition coefficient (Wildman–Crippen LogP) is 2.85. The summed E-state index contributed by atoms with van der Waals surface area (Å²) in [6.07, 6.45) is -1.43. The Labute approximate surface area is 95.6 Å². The van der Waals surface area contributed by atoms with E-state index in [4.69, 9.17) is 11.6 Å². The van der Waals surface area contributed by atoms with Gasteiger partial charge in [0.2, 0.25) is 0 Å². The van der Waals surface area contributed by atoms with Crippen LogP contribution in [0.25, 0.3) is 0 Å². The quantitative estimate of drug-likeness (QED) is 0.776. The minimum absolute atomic E-state index is 0.115. The summed E-state index contributed by atoms with van der Waals surface area (Å²) in [6.45, 7) is -1.08. The number of hydrogen-bond donors (Lipinski definition) is 0. The Kier molecular flexibility index (Phi) is 3.10. The van der Waals surface area contributed by atoms with Crippen LogP contribution in [0.1, 0.15) is 36.6 Å². The van der Waals surface area contributed by atoms with E-state index in [9.17, 15) is 13.2 Å². The fraction of sp³-hybridized carbons (Fsp3) is 0.778. The SMILES string of the molecule is FC(F)(F)Cn1nnc(CCl)c1C1CCC1. The molecule has 1 aromatic rings. The van der Waals surface area contributed by atoms with Crippen LogP contribution >= 0.6 is 11.6 Å². The zero-order valence-electron chi connectivity index (χ0n) is 8.47. The Morgan fingerprint density at radius 3 is 2.50 bits per heavy atom. The van der Waals surface area contributed by atoms with E-state index in [1.165, 1.54) is 0 Å². The number of alkyl halides is 4. The van der Waals surface area contributed by atoms with Crippen LogP contribution in [0.15, 0.2) is 0 Å². The summed E-state index contributed by atoms with van der Waals surface area (Å²) in [5.41, 5.74) is 1.05. The molecule has 0 unspecified atom stereocenters. The molecule has 0 bridgehead atoms. The van der Waals surface area contributed by atoms with Crippen molar-refractivity contribution in [3.05, 3.63) is 11.4 Å². The van der Waals surface area contributed by atoms with Crippen molar-refractivity contribution in [3.8, 4) is 0 Å². The van der Waals surface area contributed by atoms with Crippen molar-refractivity contribution in [2.24, 2.45) is 0 Å². The van der Waals surface area contributed by atoms with Crippen molar-refractivity contribution in [3.63, 3.8) is 0 Å². The molecule has 2 rings (SSSR count). The van der Waals surface area contributed by atoms with E-state index in [0.717, 1.165) is 23.9 Å². The van der Waals surface area contributed by atoms with Crippen LogP contribution in [0, 0.1) is 0 Å².